The number of nitrogens with one attached hydrogen (secondary N) is 1. The molecule has 0 unspecified atom stereocenters. The summed E-state index contributed by atoms with van der Waals surface area (Å²) in [5.41, 5.74) is 0.764. The number of aryl methyl sites for hydroxylation is 1. The molecule has 1 heterocycles. The third-order valence-corrected chi connectivity index (χ3v) is 2.00. The summed E-state index contributed by atoms with van der Waals surface area (Å²) in [7, 11) is 3.27. The van der Waals surface area contributed by atoms with E-state index in [1.807, 2.05) is 36.1 Å². The van der Waals surface area contributed by atoms with E-state index in [-0.39, 0.29) is 0 Å². The van der Waals surface area contributed by atoms with Crippen molar-refractivity contribution >= 4 is 17.0 Å². The van der Waals surface area contributed by atoms with Gasteiger partial charge in [0.25, 0.3) is 11.3 Å². The molecule has 66 valence electrons. The molecule has 0 aliphatic rings. The number of aromatic nitrogens is 1. The maximum absolute atomic E-state index is 10.9. The monoisotopic (exact) mass is 187 g/mol. The second-order valence-corrected chi connectivity index (χ2v) is 3.27. The van der Waals surface area contributed by atoms with Crippen LogP contribution in [-0.2, 0) is 22.5 Å². The van der Waals surface area contributed by atoms with Gasteiger partial charge < -0.3 is 0 Å². The van der Waals surface area contributed by atoms with Gasteiger partial charge in [0, 0.05) is 6.07 Å². The SMILES string of the molecule is CO[S@@](=O)Nc1ccc[n+](C)c1. The van der Waals surface area contributed by atoms with Crippen LogP contribution in [-0.4, -0.2) is 11.3 Å². The topological polar surface area (TPSA) is 42.2 Å². The Morgan fingerprint density at radius 3 is 3.00 bits per heavy atom. The van der Waals surface area contributed by atoms with Gasteiger partial charge in [-0.15, -0.1) is 0 Å². The van der Waals surface area contributed by atoms with Crippen molar-refractivity contribution < 1.29 is 13.0 Å². The molecule has 1 rings (SSSR count). The summed E-state index contributed by atoms with van der Waals surface area (Å²) in [4.78, 5) is 0. The first kappa shape index (κ1) is 9.15. The van der Waals surface area contributed by atoms with Crippen molar-refractivity contribution in [2.24, 2.45) is 7.05 Å². The van der Waals surface area contributed by atoms with Gasteiger partial charge in [0.2, 0.25) is 0 Å². The molecule has 0 saturated carbocycles. The van der Waals surface area contributed by atoms with Crippen LogP contribution in [0, 0.1) is 0 Å². The van der Waals surface area contributed by atoms with Crippen LogP contribution in [0.1, 0.15) is 0 Å². The number of rotatable bonds is 3. The summed E-state index contributed by atoms with van der Waals surface area (Å²) in [6, 6.07) is 3.67. The van der Waals surface area contributed by atoms with E-state index in [1.165, 1.54) is 7.11 Å². The molecule has 0 amide bonds. The maximum atomic E-state index is 10.9. The number of hydrogen-bond donors (Lipinski definition) is 1. The zero-order valence-corrected chi connectivity index (χ0v) is 7.80. The lowest BCUT2D eigenvalue weighted by Crippen LogP contribution is -2.26. The largest absolute Gasteiger partial charge is 0.277 e. The highest BCUT2D eigenvalue weighted by atomic mass is 32.2. The normalized spacial score (nSPS) is 12.5. The summed E-state index contributed by atoms with van der Waals surface area (Å²) in [6.07, 6.45) is 3.71. The van der Waals surface area contributed by atoms with Gasteiger partial charge in [0.1, 0.15) is 12.7 Å². The van der Waals surface area contributed by atoms with Crippen LogP contribution in [0.15, 0.2) is 24.5 Å². The van der Waals surface area contributed by atoms with E-state index >= 15 is 0 Å². The van der Waals surface area contributed by atoms with E-state index in [0.29, 0.717) is 0 Å². The van der Waals surface area contributed by atoms with Crippen molar-refractivity contribution in [2.75, 3.05) is 11.8 Å². The third kappa shape index (κ3) is 2.60. The number of pyridine rings is 1. The molecule has 1 aromatic heterocycles. The summed E-state index contributed by atoms with van der Waals surface area (Å²) >= 11 is -1.45. The van der Waals surface area contributed by atoms with Gasteiger partial charge in [0.15, 0.2) is 12.4 Å². The van der Waals surface area contributed by atoms with E-state index in [2.05, 4.69) is 8.91 Å². The van der Waals surface area contributed by atoms with Crippen molar-refractivity contribution in [2.45, 2.75) is 0 Å². The van der Waals surface area contributed by atoms with Gasteiger partial charge in [-0.05, 0) is 6.07 Å². The highest BCUT2D eigenvalue weighted by molar-refractivity contribution is 7.81. The minimum Gasteiger partial charge on any atom is -0.277 e. The van der Waals surface area contributed by atoms with Gasteiger partial charge >= 0.3 is 0 Å². The fourth-order valence-corrected chi connectivity index (χ4v) is 1.18. The summed E-state index contributed by atoms with van der Waals surface area (Å²) in [6.45, 7) is 0. The molecule has 0 aliphatic carbocycles. The predicted molar refractivity (Wildman–Crippen MR) is 46.4 cm³/mol. The number of hydrogen-bond acceptors (Lipinski definition) is 2. The summed E-state index contributed by atoms with van der Waals surface area (Å²) in [5.74, 6) is 0. The van der Waals surface area contributed by atoms with Crippen LogP contribution in [0.3, 0.4) is 0 Å². The van der Waals surface area contributed by atoms with E-state index < -0.39 is 11.3 Å². The highest BCUT2D eigenvalue weighted by Gasteiger charge is 2.00. The summed E-state index contributed by atoms with van der Waals surface area (Å²) < 4.78 is 19.9. The van der Waals surface area contributed by atoms with Gasteiger partial charge in [-0.25, -0.2) is 8.78 Å². The first-order chi connectivity index (χ1) is 5.72. The Balaban J connectivity index is 2.69. The van der Waals surface area contributed by atoms with Crippen molar-refractivity contribution in [3.05, 3.63) is 24.5 Å². The van der Waals surface area contributed by atoms with Crippen LogP contribution >= 0.6 is 0 Å². The van der Waals surface area contributed by atoms with Gasteiger partial charge in [-0.3, -0.25) is 8.91 Å². The van der Waals surface area contributed by atoms with Crippen LogP contribution in [0.5, 0.6) is 0 Å². The molecule has 12 heavy (non-hydrogen) atoms. The van der Waals surface area contributed by atoms with Crippen molar-refractivity contribution in [3.63, 3.8) is 0 Å². The zero-order valence-electron chi connectivity index (χ0n) is 6.98. The van der Waals surface area contributed by atoms with E-state index in [4.69, 9.17) is 0 Å². The Labute approximate surface area is 74.0 Å². The van der Waals surface area contributed by atoms with Crippen molar-refractivity contribution in [1.29, 1.82) is 0 Å². The fourth-order valence-electron chi connectivity index (χ4n) is 0.786. The van der Waals surface area contributed by atoms with E-state index in [0.717, 1.165) is 5.69 Å². The van der Waals surface area contributed by atoms with Crippen molar-refractivity contribution in [3.8, 4) is 0 Å². The van der Waals surface area contributed by atoms with E-state index in [9.17, 15) is 4.21 Å². The zero-order chi connectivity index (χ0) is 8.97. The lowest BCUT2D eigenvalue weighted by molar-refractivity contribution is -0.670. The fraction of sp³-hybridized carbons (Fsp3) is 0.286. The molecule has 5 heteroatoms. The molecule has 0 aromatic carbocycles. The number of anilines is 1. The Hall–Kier alpha value is -0.940. The molecule has 0 aliphatic heterocycles. The quantitative estimate of drug-likeness (QED) is 0.684. The van der Waals surface area contributed by atoms with Gasteiger partial charge in [-0.2, -0.15) is 0 Å². The Kier molecular flexibility index (Phi) is 3.19. The van der Waals surface area contributed by atoms with Crippen molar-refractivity contribution in [1.82, 2.24) is 0 Å². The molecular formula is C7H11N2O2S+. The molecule has 0 saturated heterocycles. The highest BCUT2D eigenvalue weighted by Crippen LogP contribution is 2.02. The smallest absolute Gasteiger partial charge is 0.261 e. The molecule has 1 aromatic rings. The number of nitrogens with zero attached hydrogens (tertiary/aromatic N) is 1. The minimum absolute atomic E-state index is 0.764. The molecule has 0 fully saturated rings. The van der Waals surface area contributed by atoms with Crippen LogP contribution in [0.25, 0.3) is 0 Å². The average Bonchev–Trinajstić information content (AvgIpc) is 2.04. The molecule has 0 spiro atoms. The summed E-state index contributed by atoms with van der Waals surface area (Å²) in [5, 5.41) is 0. The Bertz CT molecular complexity index is 290. The maximum Gasteiger partial charge on any atom is 0.261 e. The molecule has 0 radical (unpaired) electrons. The molecule has 1 atom stereocenters. The Morgan fingerprint density at radius 1 is 1.67 bits per heavy atom. The first-order valence-electron chi connectivity index (χ1n) is 3.40. The van der Waals surface area contributed by atoms with Crippen LogP contribution < -0.4 is 9.29 Å². The van der Waals surface area contributed by atoms with E-state index in [1.54, 1.807) is 0 Å². The third-order valence-electron chi connectivity index (χ3n) is 1.29. The molecular weight excluding hydrogens is 176 g/mol. The molecule has 1 N–H and O–H groups in total. The lowest BCUT2D eigenvalue weighted by Gasteiger charge is -2.00. The first-order valence-corrected chi connectivity index (χ1v) is 4.48. The standard InChI is InChI=1S/C7H11N2O2S/c1-9-5-3-4-7(6-9)8-12(10)11-2/h3-6,8H,1-2H3/q+1/t12-/m1/s1. The van der Waals surface area contributed by atoms with Gasteiger partial charge in [-0.1, -0.05) is 0 Å². The second-order valence-electron chi connectivity index (χ2n) is 2.26. The van der Waals surface area contributed by atoms with Gasteiger partial charge in [0.05, 0.1) is 7.11 Å². The van der Waals surface area contributed by atoms with Crippen LogP contribution in [0.2, 0.25) is 0 Å². The average molecular weight is 187 g/mol. The lowest BCUT2D eigenvalue weighted by atomic mass is 10.4. The minimum atomic E-state index is -1.45. The van der Waals surface area contributed by atoms with Crippen LogP contribution in [0.4, 0.5) is 5.69 Å². The second kappa shape index (κ2) is 4.18. The Morgan fingerprint density at radius 2 is 2.42 bits per heavy atom. The predicted octanol–water partition coefficient (Wildman–Crippen LogP) is 0.148. The molecule has 0 bridgehead atoms. The molecule has 4 nitrogen and oxygen atoms in total.